The number of carbonyl (C=O) groups excluding carboxylic acids is 1. The second kappa shape index (κ2) is 6.47. The maximum Gasteiger partial charge on any atom is 0.317 e. The highest BCUT2D eigenvalue weighted by atomic mass is 16.3. The van der Waals surface area contributed by atoms with E-state index in [2.05, 4.69) is 14.9 Å². The fraction of sp³-hybridized carbons (Fsp3) is 0.733. The lowest BCUT2D eigenvalue weighted by Gasteiger charge is -2.34. The number of likely N-dealkylation sites (tertiary alicyclic amines) is 1. The van der Waals surface area contributed by atoms with Gasteiger partial charge in [-0.2, -0.15) is 0 Å². The first-order chi connectivity index (χ1) is 10.2. The molecule has 116 valence electrons. The number of imidazole rings is 1. The van der Waals surface area contributed by atoms with Crippen molar-refractivity contribution in [2.75, 3.05) is 13.1 Å². The molecule has 0 spiro atoms. The summed E-state index contributed by atoms with van der Waals surface area (Å²) in [5, 5.41) is 12.6. The van der Waals surface area contributed by atoms with Gasteiger partial charge in [0.1, 0.15) is 0 Å². The highest BCUT2D eigenvalue weighted by molar-refractivity contribution is 5.74. The first kappa shape index (κ1) is 14.4. The van der Waals surface area contributed by atoms with Crippen LogP contribution in [0.3, 0.4) is 0 Å². The van der Waals surface area contributed by atoms with Crippen LogP contribution in [0.4, 0.5) is 4.79 Å². The standard InChI is InChI=1S/C15H24N4O2/c20-14-3-1-12(2-4-14)17-15(21)18-8-5-13(6-9-18)19-10-7-16-11-19/h7,10-14,20H,1-6,8-9H2,(H,17,21). The van der Waals surface area contributed by atoms with Crippen molar-refractivity contribution < 1.29 is 9.90 Å². The van der Waals surface area contributed by atoms with E-state index in [-0.39, 0.29) is 18.2 Å². The van der Waals surface area contributed by atoms with Crippen LogP contribution in [0.1, 0.15) is 44.6 Å². The summed E-state index contributed by atoms with van der Waals surface area (Å²) in [7, 11) is 0. The zero-order valence-electron chi connectivity index (χ0n) is 12.3. The molecule has 0 bridgehead atoms. The molecule has 1 saturated heterocycles. The normalized spacial score (nSPS) is 27.6. The Balaban J connectivity index is 1.44. The Hall–Kier alpha value is -1.56. The highest BCUT2D eigenvalue weighted by Crippen LogP contribution is 2.23. The van der Waals surface area contributed by atoms with Crippen molar-refractivity contribution in [2.45, 2.75) is 56.7 Å². The predicted octanol–water partition coefficient (Wildman–Crippen LogP) is 1.53. The average Bonchev–Trinajstić information content (AvgIpc) is 3.04. The van der Waals surface area contributed by atoms with E-state index in [9.17, 15) is 9.90 Å². The van der Waals surface area contributed by atoms with E-state index in [1.165, 1.54) is 0 Å². The molecule has 2 N–H and O–H groups in total. The number of aliphatic hydroxyl groups excluding tert-OH is 1. The van der Waals surface area contributed by atoms with Crippen molar-refractivity contribution in [1.82, 2.24) is 19.8 Å². The molecule has 2 fully saturated rings. The van der Waals surface area contributed by atoms with E-state index in [1.807, 2.05) is 17.4 Å². The van der Waals surface area contributed by atoms with Gasteiger partial charge in [0.25, 0.3) is 0 Å². The molecule has 21 heavy (non-hydrogen) atoms. The van der Waals surface area contributed by atoms with E-state index < -0.39 is 0 Å². The molecule has 1 aliphatic carbocycles. The number of amides is 2. The molecule has 0 unspecified atom stereocenters. The van der Waals surface area contributed by atoms with Crippen LogP contribution in [-0.4, -0.2) is 50.8 Å². The Morgan fingerprint density at radius 2 is 1.86 bits per heavy atom. The molecule has 2 heterocycles. The molecule has 1 aromatic rings. The maximum atomic E-state index is 12.3. The van der Waals surface area contributed by atoms with Gasteiger partial charge in [-0.15, -0.1) is 0 Å². The minimum absolute atomic E-state index is 0.0560. The number of nitrogens with one attached hydrogen (secondary N) is 1. The Kier molecular flexibility index (Phi) is 4.43. The van der Waals surface area contributed by atoms with Crippen molar-refractivity contribution in [3.8, 4) is 0 Å². The monoisotopic (exact) mass is 292 g/mol. The van der Waals surface area contributed by atoms with Gasteiger partial charge in [0.05, 0.1) is 12.4 Å². The molecular formula is C15H24N4O2. The van der Waals surface area contributed by atoms with E-state index >= 15 is 0 Å². The number of hydrogen-bond donors (Lipinski definition) is 2. The van der Waals surface area contributed by atoms with Gasteiger partial charge in [0, 0.05) is 37.6 Å². The van der Waals surface area contributed by atoms with Gasteiger partial charge in [0.2, 0.25) is 0 Å². The zero-order valence-corrected chi connectivity index (χ0v) is 12.3. The molecule has 6 nitrogen and oxygen atoms in total. The van der Waals surface area contributed by atoms with Gasteiger partial charge in [0.15, 0.2) is 0 Å². The van der Waals surface area contributed by atoms with E-state index in [0.29, 0.717) is 6.04 Å². The smallest absolute Gasteiger partial charge is 0.317 e. The van der Waals surface area contributed by atoms with Crippen LogP contribution in [0, 0.1) is 0 Å². The first-order valence-electron chi connectivity index (χ1n) is 7.93. The molecule has 2 aliphatic rings. The van der Waals surface area contributed by atoms with Crippen LogP contribution < -0.4 is 5.32 Å². The number of hydrogen-bond acceptors (Lipinski definition) is 3. The molecule has 0 aromatic carbocycles. The Bertz CT molecular complexity index is 446. The molecular weight excluding hydrogens is 268 g/mol. The lowest BCUT2D eigenvalue weighted by Crippen LogP contribution is -2.49. The number of piperidine rings is 1. The lowest BCUT2D eigenvalue weighted by molar-refractivity contribution is 0.113. The third-order valence-corrected chi connectivity index (χ3v) is 4.72. The SMILES string of the molecule is O=C(NC1CCC(O)CC1)N1CCC(n2ccnc2)CC1. The van der Waals surface area contributed by atoms with Crippen LogP contribution in [0.25, 0.3) is 0 Å². The van der Waals surface area contributed by atoms with Crippen molar-refractivity contribution >= 4 is 6.03 Å². The molecule has 1 aromatic heterocycles. The molecule has 6 heteroatoms. The Morgan fingerprint density at radius 3 is 2.48 bits per heavy atom. The Morgan fingerprint density at radius 1 is 1.14 bits per heavy atom. The highest BCUT2D eigenvalue weighted by Gasteiger charge is 2.26. The topological polar surface area (TPSA) is 70.4 Å². The summed E-state index contributed by atoms with van der Waals surface area (Å²) >= 11 is 0. The number of nitrogens with zero attached hydrogens (tertiary/aromatic N) is 3. The zero-order chi connectivity index (χ0) is 14.7. The molecule has 1 saturated carbocycles. The minimum atomic E-state index is -0.177. The summed E-state index contributed by atoms with van der Waals surface area (Å²) in [6.45, 7) is 1.59. The summed E-state index contributed by atoms with van der Waals surface area (Å²) in [5.41, 5.74) is 0. The van der Waals surface area contributed by atoms with Crippen molar-refractivity contribution in [3.05, 3.63) is 18.7 Å². The molecule has 0 atom stereocenters. The average molecular weight is 292 g/mol. The second-order valence-electron chi connectivity index (χ2n) is 6.18. The van der Waals surface area contributed by atoms with E-state index in [4.69, 9.17) is 0 Å². The quantitative estimate of drug-likeness (QED) is 0.868. The lowest BCUT2D eigenvalue weighted by atomic mass is 9.93. The van der Waals surface area contributed by atoms with Crippen LogP contribution in [0.2, 0.25) is 0 Å². The van der Waals surface area contributed by atoms with Crippen LogP contribution in [0.15, 0.2) is 18.7 Å². The second-order valence-corrected chi connectivity index (χ2v) is 6.18. The Labute approximate surface area is 125 Å². The number of urea groups is 1. The van der Waals surface area contributed by atoms with Crippen LogP contribution >= 0.6 is 0 Å². The van der Waals surface area contributed by atoms with Crippen molar-refractivity contribution in [2.24, 2.45) is 0 Å². The number of aliphatic hydroxyl groups is 1. The summed E-state index contributed by atoms with van der Waals surface area (Å²) in [6, 6.07) is 0.745. The van der Waals surface area contributed by atoms with Gasteiger partial charge in [-0.25, -0.2) is 9.78 Å². The predicted molar refractivity (Wildman–Crippen MR) is 78.9 cm³/mol. The van der Waals surface area contributed by atoms with Crippen molar-refractivity contribution in [1.29, 1.82) is 0 Å². The van der Waals surface area contributed by atoms with Gasteiger partial charge < -0.3 is 19.9 Å². The van der Waals surface area contributed by atoms with Gasteiger partial charge in [-0.1, -0.05) is 0 Å². The van der Waals surface area contributed by atoms with Gasteiger partial charge in [-0.3, -0.25) is 0 Å². The number of rotatable bonds is 2. The molecule has 2 amide bonds. The summed E-state index contributed by atoms with van der Waals surface area (Å²) < 4.78 is 2.14. The molecule has 1 aliphatic heterocycles. The molecule has 0 radical (unpaired) electrons. The van der Waals surface area contributed by atoms with Crippen molar-refractivity contribution in [3.63, 3.8) is 0 Å². The third kappa shape index (κ3) is 3.56. The van der Waals surface area contributed by atoms with Gasteiger partial charge in [-0.05, 0) is 38.5 Å². The fourth-order valence-corrected chi connectivity index (χ4v) is 3.34. The third-order valence-electron chi connectivity index (χ3n) is 4.72. The summed E-state index contributed by atoms with van der Waals surface area (Å²) in [6.07, 6.45) is 10.8. The van der Waals surface area contributed by atoms with E-state index in [1.54, 1.807) is 6.20 Å². The number of carbonyl (C=O) groups is 1. The summed E-state index contributed by atoms with van der Waals surface area (Å²) in [5.74, 6) is 0. The maximum absolute atomic E-state index is 12.3. The molecule has 3 rings (SSSR count). The fourth-order valence-electron chi connectivity index (χ4n) is 3.34. The van der Waals surface area contributed by atoms with Crippen LogP contribution in [0.5, 0.6) is 0 Å². The largest absolute Gasteiger partial charge is 0.393 e. The minimum Gasteiger partial charge on any atom is -0.393 e. The van der Waals surface area contributed by atoms with Gasteiger partial charge >= 0.3 is 6.03 Å². The van der Waals surface area contributed by atoms with Crippen LogP contribution in [-0.2, 0) is 0 Å². The number of aromatic nitrogens is 2. The van der Waals surface area contributed by atoms with E-state index in [0.717, 1.165) is 51.6 Å². The summed E-state index contributed by atoms with van der Waals surface area (Å²) in [4.78, 5) is 18.3. The first-order valence-corrected chi connectivity index (χ1v) is 7.93.